The third-order valence-electron chi connectivity index (χ3n) is 3.66. The van der Waals surface area contributed by atoms with E-state index in [0.29, 0.717) is 18.3 Å². The number of nitrogens with one attached hydrogen (secondary N) is 1. The Morgan fingerprint density at radius 2 is 2.30 bits per heavy atom. The standard InChI is InChI=1S/C14H19N5O/c1-14(2)10-15-7-8-19(14)9-12-17-13(18-20-12)11-5-3-4-6-16-11/h3-6,15H,7-10H2,1-2H3. The number of nitrogens with zero attached hydrogens (tertiary/aromatic N) is 4. The van der Waals surface area contributed by atoms with Gasteiger partial charge in [0.2, 0.25) is 11.7 Å². The van der Waals surface area contributed by atoms with Crippen LogP contribution in [0.5, 0.6) is 0 Å². The average molecular weight is 273 g/mol. The van der Waals surface area contributed by atoms with Crippen LogP contribution in [0.25, 0.3) is 11.5 Å². The summed E-state index contributed by atoms with van der Waals surface area (Å²) in [7, 11) is 0. The Morgan fingerprint density at radius 3 is 3.05 bits per heavy atom. The van der Waals surface area contributed by atoms with Gasteiger partial charge < -0.3 is 9.84 Å². The van der Waals surface area contributed by atoms with Gasteiger partial charge in [-0.05, 0) is 26.0 Å². The first kappa shape index (κ1) is 13.2. The van der Waals surface area contributed by atoms with Gasteiger partial charge in [-0.15, -0.1) is 0 Å². The Balaban J connectivity index is 1.74. The van der Waals surface area contributed by atoms with Crippen molar-refractivity contribution in [3.63, 3.8) is 0 Å². The lowest BCUT2D eigenvalue weighted by Gasteiger charge is -2.41. The first-order chi connectivity index (χ1) is 9.65. The molecule has 2 aromatic heterocycles. The monoisotopic (exact) mass is 273 g/mol. The highest BCUT2D eigenvalue weighted by Gasteiger charge is 2.30. The fourth-order valence-corrected chi connectivity index (χ4v) is 2.40. The molecule has 2 aromatic rings. The summed E-state index contributed by atoms with van der Waals surface area (Å²) in [6.07, 6.45) is 1.73. The Labute approximate surface area is 118 Å². The van der Waals surface area contributed by atoms with Gasteiger partial charge in [-0.2, -0.15) is 4.98 Å². The second kappa shape index (κ2) is 5.30. The molecule has 1 aliphatic rings. The maximum absolute atomic E-state index is 5.35. The van der Waals surface area contributed by atoms with Gasteiger partial charge in [0, 0.05) is 31.4 Å². The number of pyridine rings is 1. The maximum atomic E-state index is 5.35. The normalized spacial score (nSPS) is 19.1. The number of hydrogen-bond acceptors (Lipinski definition) is 6. The summed E-state index contributed by atoms with van der Waals surface area (Å²) in [4.78, 5) is 11.0. The highest BCUT2D eigenvalue weighted by atomic mass is 16.5. The van der Waals surface area contributed by atoms with Crippen molar-refractivity contribution in [1.29, 1.82) is 0 Å². The second-order valence-corrected chi connectivity index (χ2v) is 5.64. The van der Waals surface area contributed by atoms with E-state index in [9.17, 15) is 0 Å². The highest BCUT2D eigenvalue weighted by molar-refractivity contribution is 5.46. The first-order valence-electron chi connectivity index (χ1n) is 6.85. The molecule has 106 valence electrons. The Hall–Kier alpha value is -1.79. The Morgan fingerprint density at radius 1 is 1.40 bits per heavy atom. The predicted molar refractivity (Wildman–Crippen MR) is 74.9 cm³/mol. The van der Waals surface area contributed by atoms with Crippen LogP contribution in [0, 0.1) is 0 Å². The van der Waals surface area contributed by atoms with Gasteiger partial charge >= 0.3 is 0 Å². The lowest BCUT2D eigenvalue weighted by atomic mass is 10.0. The van der Waals surface area contributed by atoms with Crippen LogP contribution in [-0.2, 0) is 6.54 Å². The van der Waals surface area contributed by atoms with E-state index in [-0.39, 0.29) is 5.54 Å². The molecule has 0 radical (unpaired) electrons. The minimum atomic E-state index is 0.0951. The summed E-state index contributed by atoms with van der Waals surface area (Å²) in [5.41, 5.74) is 0.833. The van der Waals surface area contributed by atoms with Gasteiger partial charge in [0.1, 0.15) is 5.69 Å². The van der Waals surface area contributed by atoms with Crippen molar-refractivity contribution in [1.82, 2.24) is 25.3 Å². The van der Waals surface area contributed by atoms with E-state index in [2.05, 4.69) is 39.2 Å². The van der Waals surface area contributed by atoms with Crippen molar-refractivity contribution in [3.05, 3.63) is 30.3 Å². The molecule has 0 bridgehead atoms. The quantitative estimate of drug-likeness (QED) is 0.909. The summed E-state index contributed by atoms with van der Waals surface area (Å²) in [6, 6.07) is 5.66. The highest BCUT2D eigenvalue weighted by Crippen LogP contribution is 2.20. The van der Waals surface area contributed by atoms with Gasteiger partial charge in [-0.1, -0.05) is 11.2 Å². The third kappa shape index (κ3) is 2.71. The van der Waals surface area contributed by atoms with Gasteiger partial charge in [-0.25, -0.2) is 0 Å². The van der Waals surface area contributed by atoms with Crippen LogP contribution in [0.2, 0.25) is 0 Å². The maximum Gasteiger partial charge on any atom is 0.241 e. The molecular formula is C14H19N5O. The Bertz CT molecular complexity index is 566. The molecule has 6 heteroatoms. The van der Waals surface area contributed by atoms with E-state index in [4.69, 9.17) is 4.52 Å². The van der Waals surface area contributed by atoms with Crippen molar-refractivity contribution in [3.8, 4) is 11.5 Å². The molecule has 1 fully saturated rings. The van der Waals surface area contributed by atoms with Crippen molar-refractivity contribution in [2.45, 2.75) is 25.9 Å². The zero-order chi connectivity index (χ0) is 14.0. The molecule has 1 saturated heterocycles. The fourth-order valence-electron chi connectivity index (χ4n) is 2.40. The molecule has 20 heavy (non-hydrogen) atoms. The topological polar surface area (TPSA) is 67.1 Å². The molecule has 0 unspecified atom stereocenters. The van der Waals surface area contributed by atoms with Crippen molar-refractivity contribution in [2.24, 2.45) is 0 Å². The zero-order valence-corrected chi connectivity index (χ0v) is 11.8. The van der Waals surface area contributed by atoms with Crippen LogP contribution in [-0.4, -0.2) is 45.2 Å². The molecule has 3 heterocycles. The molecule has 0 aliphatic carbocycles. The van der Waals surface area contributed by atoms with Crippen LogP contribution < -0.4 is 5.32 Å². The van der Waals surface area contributed by atoms with Crippen molar-refractivity contribution >= 4 is 0 Å². The molecule has 3 rings (SSSR count). The molecule has 0 amide bonds. The van der Waals surface area contributed by atoms with E-state index in [1.54, 1.807) is 6.20 Å². The summed E-state index contributed by atoms with van der Waals surface area (Å²) in [6.45, 7) is 8.05. The van der Waals surface area contributed by atoms with Crippen molar-refractivity contribution < 1.29 is 4.52 Å². The predicted octanol–water partition coefficient (Wildman–Crippen LogP) is 1.32. The SMILES string of the molecule is CC1(C)CNCCN1Cc1nc(-c2ccccn2)no1. The van der Waals surface area contributed by atoms with Gasteiger partial charge in [0.15, 0.2) is 0 Å². The molecule has 1 N–H and O–H groups in total. The van der Waals surface area contributed by atoms with E-state index in [0.717, 1.165) is 25.3 Å². The van der Waals surface area contributed by atoms with E-state index < -0.39 is 0 Å². The van der Waals surface area contributed by atoms with Crippen LogP contribution in [0.15, 0.2) is 28.9 Å². The largest absolute Gasteiger partial charge is 0.337 e. The number of rotatable bonds is 3. The average Bonchev–Trinajstić information content (AvgIpc) is 2.91. The molecule has 0 saturated carbocycles. The second-order valence-electron chi connectivity index (χ2n) is 5.64. The molecule has 6 nitrogen and oxygen atoms in total. The van der Waals surface area contributed by atoms with Crippen LogP contribution >= 0.6 is 0 Å². The summed E-state index contributed by atoms with van der Waals surface area (Å²) < 4.78 is 5.35. The number of aromatic nitrogens is 3. The Kier molecular flexibility index (Phi) is 3.50. The summed E-state index contributed by atoms with van der Waals surface area (Å²) >= 11 is 0. The molecule has 0 spiro atoms. The van der Waals surface area contributed by atoms with Gasteiger partial charge in [-0.3, -0.25) is 9.88 Å². The van der Waals surface area contributed by atoms with E-state index >= 15 is 0 Å². The third-order valence-corrected chi connectivity index (χ3v) is 3.66. The fraction of sp³-hybridized carbons (Fsp3) is 0.500. The lowest BCUT2D eigenvalue weighted by molar-refractivity contribution is 0.0711. The van der Waals surface area contributed by atoms with Crippen LogP contribution in [0.1, 0.15) is 19.7 Å². The number of piperazine rings is 1. The molecule has 1 aliphatic heterocycles. The van der Waals surface area contributed by atoms with Gasteiger partial charge in [0.25, 0.3) is 0 Å². The van der Waals surface area contributed by atoms with Crippen molar-refractivity contribution in [2.75, 3.05) is 19.6 Å². The van der Waals surface area contributed by atoms with Crippen LogP contribution in [0.3, 0.4) is 0 Å². The summed E-state index contributed by atoms with van der Waals surface area (Å²) in [5.74, 6) is 1.19. The van der Waals surface area contributed by atoms with Gasteiger partial charge in [0.05, 0.1) is 6.54 Å². The molecule has 0 atom stereocenters. The molecular weight excluding hydrogens is 254 g/mol. The number of hydrogen-bond donors (Lipinski definition) is 1. The van der Waals surface area contributed by atoms with E-state index in [1.807, 2.05) is 18.2 Å². The van der Waals surface area contributed by atoms with E-state index in [1.165, 1.54) is 0 Å². The lowest BCUT2D eigenvalue weighted by Crippen LogP contribution is -2.57. The zero-order valence-electron chi connectivity index (χ0n) is 11.8. The van der Waals surface area contributed by atoms with Crippen LogP contribution in [0.4, 0.5) is 0 Å². The minimum Gasteiger partial charge on any atom is -0.337 e. The molecule has 0 aromatic carbocycles. The summed E-state index contributed by atoms with van der Waals surface area (Å²) in [5, 5.41) is 7.41. The minimum absolute atomic E-state index is 0.0951. The smallest absolute Gasteiger partial charge is 0.241 e. The first-order valence-corrected chi connectivity index (χ1v) is 6.85.